The Labute approximate surface area is 91.6 Å². The van der Waals surface area contributed by atoms with Crippen molar-refractivity contribution in [3.8, 4) is 0 Å². The fraction of sp³-hybridized carbons (Fsp3) is 0.300. The molecule has 78 valence electrons. The molecule has 2 aromatic heterocycles. The number of aromatic nitrogens is 3. The summed E-state index contributed by atoms with van der Waals surface area (Å²) in [5.41, 5.74) is 0.525. The summed E-state index contributed by atoms with van der Waals surface area (Å²) >= 11 is 1.53. The average molecular weight is 221 g/mol. The lowest BCUT2D eigenvalue weighted by Crippen LogP contribution is -2.02. The van der Waals surface area contributed by atoms with Crippen LogP contribution in [0.15, 0.2) is 17.8 Å². The molecule has 5 heteroatoms. The lowest BCUT2D eigenvalue weighted by atomic mass is 10.4. The highest BCUT2D eigenvalue weighted by Gasteiger charge is 2.02. The summed E-state index contributed by atoms with van der Waals surface area (Å²) in [5.74, 6) is 1.00. The first-order valence-corrected chi connectivity index (χ1v) is 5.55. The van der Waals surface area contributed by atoms with Crippen LogP contribution >= 0.6 is 11.3 Å². The van der Waals surface area contributed by atoms with E-state index >= 15 is 0 Å². The summed E-state index contributed by atoms with van der Waals surface area (Å²) in [7, 11) is 0. The molecule has 0 spiro atoms. The van der Waals surface area contributed by atoms with Gasteiger partial charge in [-0.25, -0.2) is 9.97 Å². The quantitative estimate of drug-likeness (QED) is 0.738. The first kappa shape index (κ1) is 10.0. The molecule has 2 heterocycles. The molecule has 0 amide bonds. The normalized spacial score (nSPS) is 10.5. The van der Waals surface area contributed by atoms with E-state index in [0.717, 1.165) is 30.1 Å². The van der Waals surface area contributed by atoms with Crippen molar-refractivity contribution < 1.29 is 4.79 Å². The largest absolute Gasteiger partial charge is 0.335 e. The molecule has 0 aliphatic heterocycles. The third-order valence-corrected chi connectivity index (χ3v) is 3.11. The van der Waals surface area contributed by atoms with Crippen molar-refractivity contribution >= 4 is 17.6 Å². The van der Waals surface area contributed by atoms with E-state index in [0.29, 0.717) is 5.69 Å². The fourth-order valence-electron chi connectivity index (χ4n) is 1.35. The zero-order valence-corrected chi connectivity index (χ0v) is 9.20. The Kier molecular flexibility index (Phi) is 2.91. The molecule has 0 aliphatic carbocycles. The second-order valence-corrected chi connectivity index (χ2v) is 4.14. The van der Waals surface area contributed by atoms with Crippen LogP contribution in [0.1, 0.15) is 21.3 Å². The molecule has 0 N–H and O–H groups in total. The standard InChI is InChI=1S/C10H11N3OS/c1-8-11-3-5-13(8)4-2-10-12-9(6-14)7-15-10/h3,5-7H,2,4H2,1H3. The Hall–Kier alpha value is -1.49. The van der Waals surface area contributed by atoms with Crippen LogP contribution in [0.3, 0.4) is 0 Å². The SMILES string of the molecule is Cc1nccn1CCc1nc(C=O)cs1. The number of imidazole rings is 1. The molecule has 0 atom stereocenters. The molecule has 0 aliphatic rings. The highest BCUT2D eigenvalue weighted by molar-refractivity contribution is 7.09. The van der Waals surface area contributed by atoms with Crippen LogP contribution in [-0.4, -0.2) is 20.8 Å². The second kappa shape index (κ2) is 4.35. The number of aldehydes is 1. The van der Waals surface area contributed by atoms with Crippen LogP contribution in [0.25, 0.3) is 0 Å². The highest BCUT2D eigenvalue weighted by atomic mass is 32.1. The van der Waals surface area contributed by atoms with Gasteiger partial charge in [0.25, 0.3) is 0 Å². The lowest BCUT2D eigenvalue weighted by molar-refractivity contribution is 0.111. The van der Waals surface area contributed by atoms with Crippen LogP contribution in [0.2, 0.25) is 0 Å². The molecule has 4 nitrogen and oxygen atoms in total. The topological polar surface area (TPSA) is 47.8 Å². The Morgan fingerprint density at radius 2 is 2.47 bits per heavy atom. The van der Waals surface area contributed by atoms with Gasteiger partial charge in [-0.2, -0.15) is 0 Å². The molecule has 0 aromatic carbocycles. The summed E-state index contributed by atoms with van der Waals surface area (Å²) in [6.45, 7) is 2.83. The van der Waals surface area contributed by atoms with Crippen molar-refractivity contribution in [3.05, 3.63) is 34.3 Å². The molecule has 0 radical (unpaired) electrons. The first-order valence-electron chi connectivity index (χ1n) is 4.67. The second-order valence-electron chi connectivity index (χ2n) is 3.20. The van der Waals surface area contributed by atoms with E-state index in [9.17, 15) is 4.79 Å². The van der Waals surface area contributed by atoms with E-state index in [1.807, 2.05) is 13.1 Å². The number of nitrogens with zero attached hydrogens (tertiary/aromatic N) is 3. The minimum Gasteiger partial charge on any atom is -0.335 e. The summed E-state index contributed by atoms with van der Waals surface area (Å²) < 4.78 is 2.07. The number of aryl methyl sites for hydroxylation is 3. The lowest BCUT2D eigenvalue weighted by Gasteiger charge is -2.01. The van der Waals surface area contributed by atoms with E-state index in [1.54, 1.807) is 11.6 Å². The van der Waals surface area contributed by atoms with Crippen molar-refractivity contribution in [2.75, 3.05) is 0 Å². The summed E-state index contributed by atoms with van der Waals surface area (Å²) in [6, 6.07) is 0. The minimum atomic E-state index is 0.525. The number of rotatable bonds is 4. The van der Waals surface area contributed by atoms with Crippen molar-refractivity contribution in [3.63, 3.8) is 0 Å². The molecule has 2 rings (SSSR count). The van der Waals surface area contributed by atoms with Crippen LogP contribution in [-0.2, 0) is 13.0 Å². The Morgan fingerprint density at radius 1 is 1.60 bits per heavy atom. The zero-order valence-electron chi connectivity index (χ0n) is 8.38. The monoisotopic (exact) mass is 221 g/mol. The van der Waals surface area contributed by atoms with Crippen LogP contribution < -0.4 is 0 Å². The number of hydrogen-bond acceptors (Lipinski definition) is 4. The summed E-state index contributed by atoms with van der Waals surface area (Å²) in [4.78, 5) is 18.8. The Morgan fingerprint density at radius 3 is 3.07 bits per heavy atom. The van der Waals surface area contributed by atoms with E-state index < -0.39 is 0 Å². The van der Waals surface area contributed by atoms with Crippen molar-refractivity contribution in [1.29, 1.82) is 0 Å². The number of carbonyl (C=O) groups is 1. The first-order chi connectivity index (χ1) is 7.29. The minimum absolute atomic E-state index is 0.525. The third kappa shape index (κ3) is 2.30. The molecule has 15 heavy (non-hydrogen) atoms. The maximum absolute atomic E-state index is 10.4. The van der Waals surface area contributed by atoms with Crippen LogP contribution in [0, 0.1) is 6.92 Å². The van der Waals surface area contributed by atoms with E-state index in [1.165, 1.54) is 11.3 Å². The Balaban J connectivity index is 1.99. The number of thiazole rings is 1. The average Bonchev–Trinajstić information content (AvgIpc) is 2.84. The molecule has 0 unspecified atom stereocenters. The van der Waals surface area contributed by atoms with E-state index in [-0.39, 0.29) is 0 Å². The van der Waals surface area contributed by atoms with Gasteiger partial charge in [-0.15, -0.1) is 11.3 Å². The van der Waals surface area contributed by atoms with Gasteiger partial charge in [0.1, 0.15) is 11.5 Å². The van der Waals surface area contributed by atoms with Gasteiger partial charge >= 0.3 is 0 Å². The van der Waals surface area contributed by atoms with Gasteiger partial charge in [0.05, 0.1) is 5.01 Å². The smallest absolute Gasteiger partial charge is 0.169 e. The van der Waals surface area contributed by atoms with Gasteiger partial charge < -0.3 is 4.57 Å². The molecular formula is C10H11N3OS. The van der Waals surface area contributed by atoms with Crippen molar-refractivity contribution in [2.24, 2.45) is 0 Å². The molecule has 0 saturated heterocycles. The molecular weight excluding hydrogens is 210 g/mol. The van der Waals surface area contributed by atoms with Gasteiger partial charge in [-0.05, 0) is 6.92 Å². The van der Waals surface area contributed by atoms with Gasteiger partial charge in [0, 0.05) is 30.7 Å². The number of hydrogen-bond donors (Lipinski definition) is 0. The molecule has 0 saturated carbocycles. The fourth-order valence-corrected chi connectivity index (χ4v) is 2.08. The van der Waals surface area contributed by atoms with Gasteiger partial charge in [-0.3, -0.25) is 4.79 Å². The Bertz CT molecular complexity index is 461. The molecule has 2 aromatic rings. The van der Waals surface area contributed by atoms with Gasteiger partial charge in [0.15, 0.2) is 6.29 Å². The van der Waals surface area contributed by atoms with Gasteiger partial charge in [-0.1, -0.05) is 0 Å². The van der Waals surface area contributed by atoms with Crippen molar-refractivity contribution in [2.45, 2.75) is 19.9 Å². The van der Waals surface area contributed by atoms with Crippen LogP contribution in [0.5, 0.6) is 0 Å². The number of carbonyl (C=O) groups excluding carboxylic acids is 1. The predicted octanol–water partition coefficient (Wildman–Crippen LogP) is 1.70. The van der Waals surface area contributed by atoms with Gasteiger partial charge in [0.2, 0.25) is 0 Å². The summed E-state index contributed by atoms with van der Waals surface area (Å²) in [5, 5.41) is 2.77. The zero-order chi connectivity index (χ0) is 10.7. The van der Waals surface area contributed by atoms with Crippen LogP contribution in [0.4, 0.5) is 0 Å². The van der Waals surface area contributed by atoms with Crippen molar-refractivity contribution in [1.82, 2.24) is 14.5 Å². The maximum Gasteiger partial charge on any atom is 0.169 e. The predicted molar refractivity (Wildman–Crippen MR) is 58.2 cm³/mol. The van der Waals surface area contributed by atoms with E-state index in [4.69, 9.17) is 0 Å². The molecule has 0 fully saturated rings. The highest BCUT2D eigenvalue weighted by Crippen LogP contribution is 2.10. The summed E-state index contributed by atoms with van der Waals surface area (Å²) in [6.07, 6.45) is 5.36. The third-order valence-electron chi connectivity index (χ3n) is 2.18. The van der Waals surface area contributed by atoms with E-state index in [2.05, 4.69) is 14.5 Å². The molecule has 0 bridgehead atoms. The maximum atomic E-state index is 10.4.